The molecule has 1 heterocycles. The topological polar surface area (TPSA) is 78.9 Å². The van der Waals surface area contributed by atoms with Crippen LogP contribution in [-0.2, 0) is 14.9 Å². The summed E-state index contributed by atoms with van der Waals surface area (Å²) in [6.45, 7) is 7.90. The van der Waals surface area contributed by atoms with Crippen LogP contribution in [0.2, 0.25) is 0 Å². The maximum Gasteiger partial charge on any atom is 0.279 e. The van der Waals surface area contributed by atoms with Crippen molar-refractivity contribution < 1.29 is 18.3 Å². The van der Waals surface area contributed by atoms with Gasteiger partial charge in [-0.1, -0.05) is 13.8 Å². The summed E-state index contributed by atoms with van der Waals surface area (Å²) in [7, 11) is -3.47. The van der Waals surface area contributed by atoms with Crippen molar-refractivity contribution >= 4 is 10.2 Å². The lowest BCUT2D eigenvalue weighted by Gasteiger charge is -2.32. The molecule has 0 aliphatic carbocycles. The molecule has 120 valence electrons. The van der Waals surface area contributed by atoms with E-state index in [1.165, 1.54) is 4.31 Å². The second-order valence-electron chi connectivity index (χ2n) is 5.66. The average molecular weight is 308 g/mol. The summed E-state index contributed by atoms with van der Waals surface area (Å²) < 4.78 is 34.3. The van der Waals surface area contributed by atoms with Crippen molar-refractivity contribution in [3.05, 3.63) is 0 Å². The number of aliphatic hydroxyl groups is 1. The Morgan fingerprint density at radius 3 is 2.40 bits per heavy atom. The predicted molar refractivity (Wildman–Crippen MR) is 78.6 cm³/mol. The zero-order valence-electron chi connectivity index (χ0n) is 12.7. The first-order valence-electron chi connectivity index (χ1n) is 7.36. The summed E-state index contributed by atoms with van der Waals surface area (Å²) in [6.07, 6.45) is 1.43. The molecule has 1 fully saturated rings. The molecule has 0 amide bonds. The van der Waals surface area contributed by atoms with Crippen molar-refractivity contribution in [2.24, 2.45) is 11.8 Å². The average Bonchev–Trinajstić information content (AvgIpc) is 2.43. The lowest BCUT2D eigenvalue weighted by Crippen LogP contribution is -2.51. The van der Waals surface area contributed by atoms with Gasteiger partial charge in [0, 0.05) is 32.3 Å². The largest absolute Gasteiger partial charge is 0.396 e. The van der Waals surface area contributed by atoms with Gasteiger partial charge >= 0.3 is 0 Å². The summed E-state index contributed by atoms with van der Waals surface area (Å²) in [6, 6.07) is -0.212. The van der Waals surface area contributed by atoms with Crippen LogP contribution in [-0.4, -0.2) is 56.8 Å². The minimum Gasteiger partial charge on any atom is -0.396 e. The normalized spacial score (nSPS) is 20.4. The molecule has 1 aliphatic rings. The monoisotopic (exact) mass is 308 g/mol. The van der Waals surface area contributed by atoms with Crippen LogP contribution >= 0.6 is 0 Å². The second-order valence-corrected chi connectivity index (χ2v) is 7.36. The highest BCUT2D eigenvalue weighted by molar-refractivity contribution is 7.87. The number of aliphatic hydroxyl groups excluding tert-OH is 1. The molecule has 1 rings (SSSR count). The molecule has 6 nitrogen and oxygen atoms in total. The molecule has 0 radical (unpaired) electrons. The van der Waals surface area contributed by atoms with E-state index in [1.54, 1.807) is 0 Å². The quantitative estimate of drug-likeness (QED) is 0.688. The molecule has 2 N–H and O–H groups in total. The first kappa shape index (κ1) is 17.8. The predicted octanol–water partition coefficient (Wildman–Crippen LogP) is 0.586. The van der Waals surface area contributed by atoms with Gasteiger partial charge in [-0.3, -0.25) is 0 Å². The van der Waals surface area contributed by atoms with E-state index in [2.05, 4.69) is 4.72 Å². The smallest absolute Gasteiger partial charge is 0.279 e. The van der Waals surface area contributed by atoms with E-state index in [0.29, 0.717) is 26.3 Å². The zero-order valence-corrected chi connectivity index (χ0v) is 13.5. The highest BCUT2D eigenvalue weighted by Crippen LogP contribution is 2.19. The molecule has 0 aromatic rings. The summed E-state index contributed by atoms with van der Waals surface area (Å²) in [5.41, 5.74) is 0. The van der Waals surface area contributed by atoms with Crippen molar-refractivity contribution in [3.63, 3.8) is 0 Å². The van der Waals surface area contributed by atoms with Crippen LogP contribution in [0.15, 0.2) is 0 Å². The number of hydrogen-bond donors (Lipinski definition) is 2. The lowest BCUT2D eigenvalue weighted by atomic mass is 10.00. The van der Waals surface area contributed by atoms with E-state index in [9.17, 15) is 8.42 Å². The Kier molecular flexibility index (Phi) is 7.39. The van der Waals surface area contributed by atoms with Gasteiger partial charge in [-0.25, -0.2) is 0 Å². The van der Waals surface area contributed by atoms with Crippen LogP contribution in [0.1, 0.15) is 33.6 Å². The van der Waals surface area contributed by atoms with Crippen LogP contribution in [0, 0.1) is 11.8 Å². The fourth-order valence-corrected chi connectivity index (χ4v) is 3.77. The number of ether oxygens (including phenoxy) is 1. The van der Waals surface area contributed by atoms with E-state index in [0.717, 1.165) is 12.8 Å². The molecule has 0 spiro atoms. The van der Waals surface area contributed by atoms with Crippen molar-refractivity contribution in [3.8, 4) is 0 Å². The molecule has 0 saturated carbocycles. The first-order chi connectivity index (χ1) is 9.40. The SMILES string of the molecule is CCOCC(NS(=O)(=O)N1CCC(CO)CC1)C(C)C. The highest BCUT2D eigenvalue weighted by Gasteiger charge is 2.30. The summed E-state index contributed by atoms with van der Waals surface area (Å²) in [5.74, 6) is 0.400. The van der Waals surface area contributed by atoms with Gasteiger partial charge in [0.15, 0.2) is 0 Å². The van der Waals surface area contributed by atoms with Gasteiger partial charge in [-0.2, -0.15) is 17.4 Å². The van der Waals surface area contributed by atoms with E-state index >= 15 is 0 Å². The Hall–Kier alpha value is -0.210. The van der Waals surface area contributed by atoms with Crippen molar-refractivity contribution in [2.75, 3.05) is 32.9 Å². The number of rotatable bonds is 8. The Bertz CT molecular complexity index is 365. The summed E-state index contributed by atoms with van der Waals surface area (Å²) in [4.78, 5) is 0. The van der Waals surface area contributed by atoms with Crippen molar-refractivity contribution in [1.82, 2.24) is 9.03 Å². The molecule has 0 bridgehead atoms. The first-order valence-corrected chi connectivity index (χ1v) is 8.80. The number of nitrogens with one attached hydrogen (secondary N) is 1. The number of hydrogen-bond acceptors (Lipinski definition) is 4. The molecule has 0 aromatic carbocycles. The Morgan fingerprint density at radius 2 is 1.95 bits per heavy atom. The van der Waals surface area contributed by atoms with Crippen LogP contribution in [0.5, 0.6) is 0 Å². The van der Waals surface area contributed by atoms with Crippen LogP contribution < -0.4 is 4.72 Å². The highest BCUT2D eigenvalue weighted by atomic mass is 32.2. The third-order valence-corrected chi connectivity index (χ3v) is 5.42. The molecule has 20 heavy (non-hydrogen) atoms. The third kappa shape index (κ3) is 5.29. The van der Waals surface area contributed by atoms with E-state index in [-0.39, 0.29) is 24.5 Å². The van der Waals surface area contributed by atoms with Gasteiger partial charge in [-0.05, 0) is 31.6 Å². The number of piperidine rings is 1. The van der Waals surface area contributed by atoms with Gasteiger partial charge in [0.05, 0.1) is 6.61 Å². The van der Waals surface area contributed by atoms with Gasteiger partial charge < -0.3 is 9.84 Å². The molecule has 7 heteroatoms. The van der Waals surface area contributed by atoms with Gasteiger partial charge in [0.25, 0.3) is 10.2 Å². The lowest BCUT2D eigenvalue weighted by molar-refractivity contribution is 0.114. The second kappa shape index (κ2) is 8.29. The molecule has 1 atom stereocenters. The van der Waals surface area contributed by atoms with E-state index < -0.39 is 10.2 Å². The van der Waals surface area contributed by atoms with Crippen LogP contribution in [0.25, 0.3) is 0 Å². The minimum atomic E-state index is -3.47. The van der Waals surface area contributed by atoms with Crippen molar-refractivity contribution in [1.29, 1.82) is 0 Å². The fourth-order valence-electron chi connectivity index (χ4n) is 2.21. The van der Waals surface area contributed by atoms with Gasteiger partial charge in [0.2, 0.25) is 0 Å². The fraction of sp³-hybridized carbons (Fsp3) is 1.00. The summed E-state index contributed by atoms with van der Waals surface area (Å²) in [5, 5.41) is 9.10. The van der Waals surface area contributed by atoms with E-state index in [1.807, 2.05) is 20.8 Å². The molecule has 1 saturated heterocycles. The van der Waals surface area contributed by atoms with Crippen LogP contribution in [0.3, 0.4) is 0 Å². The summed E-state index contributed by atoms with van der Waals surface area (Å²) >= 11 is 0. The van der Waals surface area contributed by atoms with E-state index in [4.69, 9.17) is 9.84 Å². The molecule has 1 unspecified atom stereocenters. The Balaban J connectivity index is 2.59. The van der Waals surface area contributed by atoms with Crippen LogP contribution in [0.4, 0.5) is 0 Å². The molecule has 1 aliphatic heterocycles. The standard InChI is InChI=1S/C13H28N2O4S/c1-4-19-10-13(11(2)3)14-20(17,18)15-7-5-12(9-16)6-8-15/h11-14,16H,4-10H2,1-3H3. The number of nitrogens with zero attached hydrogens (tertiary/aromatic N) is 1. The zero-order chi connectivity index (χ0) is 15.2. The molecule has 0 aromatic heterocycles. The third-order valence-electron chi connectivity index (χ3n) is 3.78. The molecular formula is C13H28N2O4S. The maximum atomic E-state index is 12.4. The molecular weight excluding hydrogens is 280 g/mol. The van der Waals surface area contributed by atoms with Gasteiger partial charge in [0.1, 0.15) is 0 Å². The Labute approximate surface area is 122 Å². The minimum absolute atomic E-state index is 0.139. The van der Waals surface area contributed by atoms with Gasteiger partial charge in [-0.15, -0.1) is 0 Å². The Morgan fingerprint density at radius 1 is 1.35 bits per heavy atom. The van der Waals surface area contributed by atoms with Crippen molar-refractivity contribution in [2.45, 2.75) is 39.7 Å². The maximum absolute atomic E-state index is 12.4.